The molecule has 21 heavy (non-hydrogen) atoms. The van der Waals surface area contributed by atoms with Gasteiger partial charge in [0.2, 0.25) is 0 Å². The van der Waals surface area contributed by atoms with E-state index in [9.17, 15) is 4.79 Å². The molecule has 1 aromatic heterocycles. The van der Waals surface area contributed by atoms with Crippen LogP contribution < -0.4 is 10.5 Å². The average molecular weight is 301 g/mol. The highest BCUT2D eigenvalue weighted by atomic mass is 35.5. The zero-order chi connectivity index (χ0) is 15.0. The lowest BCUT2D eigenvalue weighted by atomic mass is 10.0. The highest BCUT2D eigenvalue weighted by Gasteiger charge is 2.19. The summed E-state index contributed by atoms with van der Waals surface area (Å²) in [6.45, 7) is 0. The summed E-state index contributed by atoms with van der Waals surface area (Å²) in [5.74, 6) is 0.228. The summed E-state index contributed by atoms with van der Waals surface area (Å²) in [4.78, 5) is 15.8. The molecule has 0 aliphatic heterocycles. The number of para-hydroxylation sites is 1. The van der Waals surface area contributed by atoms with Crippen LogP contribution in [0.4, 0.5) is 5.69 Å². The van der Waals surface area contributed by atoms with Crippen LogP contribution in [-0.2, 0) is 0 Å². The highest BCUT2D eigenvalue weighted by Crippen LogP contribution is 2.30. The molecule has 2 aromatic carbocycles. The van der Waals surface area contributed by atoms with Gasteiger partial charge in [-0.25, -0.2) is 0 Å². The molecule has 106 valence electrons. The van der Waals surface area contributed by atoms with Crippen LogP contribution in [0.1, 0.15) is 15.9 Å². The summed E-state index contributed by atoms with van der Waals surface area (Å²) in [5, 5.41) is 1.35. The average Bonchev–Trinajstić information content (AvgIpc) is 2.89. The van der Waals surface area contributed by atoms with E-state index < -0.39 is 0 Å². The van der Waals surface area contributed by atoms with Crippen LogP contribution in [0, 0.1) is 0 Å². The first-order chi connectivity index (χ1) is 10.1. The lowest BCUT2D eigenvalue weighted by molar-refractivity contribution is 0.103. The second-order valence-corrected chi connectivity index (χ2v) is 5.09. The number of aromatic nitrogens is 1. The number of halogens is 1. The summed E-state index contributed by atoms with van der Waals surface area (Å²) in [7, 11) is 1.49. The third-order valence-electron chi connectivity index (χ3n) is 3.38. The Morgan fingerprint density at radius 1 is 1.24 bits per heavy atom. The predicted octanol–water partition coefficient (Wildman–Crippen LogP) is 3.64. The van der Waals surface area contributed by atoms with Crippen molar-refractivity contribution >= 4 is 34.0 Å². The van der Waals surface area contributed by atoms with Gasteiger partial charge in [0.25, 0.3) is 0 Å². The molecule has 0 saturated heterocycles. The first-order valence-corrected chi connectivity index (χ1v) is 6.73. The fraction of sp³-hybridized carbons (Fsp3) is 0.0625. The number of aromatic amines is 1. The molecule has 5 heteroatoms. The Morgan fingerprint density at radius 2 is 2.05 bits per heavy atom. The Balaban J connectivity index is 2.17. The van der Waals surface area contributed by atoms with E-state index >= 15 is 0 Å². The number of hydrogen-bond donors (Lipinski definition) is 2. The van der Waals surface area contributed by atoms with Crippen LogP contribution >= 0.6 is 11.6 Å². The second kappa shape index (κ2) is 5.14. The van der Waals surface area contributed by atoms with Gasteiger partial charge < -0.3 is 15.5 Å². The molecule has 0 unspecified atom stereocenters. The number of fused-ring (bicyclic) bond motifs is 1. The Bertz CT molecular complexity index is 839. The molecular formula is C16H13ClN2O2. The maximum absolute atomic E-state index is 12.8. The van der Waals surface area contributed by atoms with Crippen LogP contribution in [0.5, 0.6) is 5.75 Å². The van der Waals surface area contributed by atoms with E-state index in [1.54, 1.807) is 36.5 Å². The number of carbonyl (C=O) groups is 1. The van der Waals surface area contributed by atoms with E-state index in [1.165, 1.54) is 7.11 Å². The van der Waals surface area contributed by atoms with Crippen LogP contribution in [-0.4, -0.2) is 17.9 Å². The van der Waals surface area contributed by atoms with E-state index in [0.717, 1.165) is 10.9 Å². The minimum Gasteiger partial charge on any atom is -0.494 e. The van der Waals surface area contributed by atoms with Crippen molar-refractivity contribution in [2.24, 2.45) is 0 Å². The number of ether oxygens (including phenoxy) is 1. The van der Waals surface area contributed by atoms with E-state index in [-0.39, 0.29) is 5.78 Å². The normalized spacial score (nSPS) is 10.8. The summed E-state index contributed by atoms with van der Waals surface area (Å²) >= 11 is 6.01. The van der Waals surface area contributed by atoms with Crippen LogP contribution in [0.2, 0.25) is 5.02 Å². The minimum absolute atomic E-state index is 0.160. The van der Waals surface area contributed by atoms with Crippen LogP contribution in [0.25, 0.3) is 10.9 Å². The van der Waals surface area contributed by atoms with Crippen molar-refractivity contribution in [3.8, 4) is 5.75 Å². The fourth-order valence-electron chi connectivity index (χ4n) is 2.39. The monoisotopic (exact) mass is 300 g/mol. The maximum Gasteiger partial charge on any atom is 0.198 e. The van der Waals surface area contributed by atoms with Gasteiger partial charge in [0.15, 0.2) is 11.5 Å². The molecule has 3 N–H and O–H groups in total. The SMILES string of the molecule is COc1c(N)cccc1C(=O)c1c[nH]c2ccc(Cl)cc12. The van der Waals surface area contributed by atoms with Crippen LogP contribution in [0.3, 0.4) is 0 Å². The number of nitrogens with one attached hydrogen (secondary N) is 1. The van der Waals surface area contributed by atoms with E-state index in [1.807, 2.05) is 6.07 Å². The van der Waals surface area contributed by atoms with Crippen molar-refractivity contribution in [1.82, 2.24) is 4.98 Å². The van der Waals surface area contributed by atoms with Gasteiger partial charge in [-0.3, -0.25) is 4.79 Å². The standard InChI is InChI=1S/C16H13ClN2O2/c1-21-16-10(3-2-4-13(16)18)15(20)12-8-19-14-6-5-9(17)7-11(12)14/h2-8,19H,18H2,1H3. The molecule has 4 nitrogen and oxygen atoms in total. The van der Waals surface area contributed by atoms with Crippen molar-refractivity contribution in [2.75, 3.05) is 12.8 Å². The van der Waals surface area contributed by atoms with Gasteiger partial charge in [0.1, 0.15) is 0 Å². The van der Waals surface area contributed by atoms with Gasteiger partial charge in [-0.2, -0.15) is 0 Å². The van der Waals surface area contributed by atoms with Gasteiger partial charge in [-0.1, -0.05) is 17.7 Å². The fourth-order valence-corrected chi connectivity index (χ4v) is 2.56. The molecule has 1 heterocycles. The van der Waals surface area contributed by atoms with Gasteiger partial charge in [0.05, 0.1) is 18.4 Å². The Hall–Kier alpha value is -2.46. The molecule has 3 aromatic rings. The van der Waals surface area contributed by atoms with Crippen molar-refractivity contribution in [3.05, 3.63) is 58.7 Å². The number of H-pyrrole nitrogens is 1. The quantitative estimate of drug-likeness (QED) is 0.573. The molecule has 0 spiro atoms. The maximum atomic E-state index is 12.8. The summed E-state index contributed by atoms with van der Waals surface area (Å²) in [6, 6.07) is 10.5. The van der Waals surface area contributed by atoms with Gasteiger partial charge in [0, 0.05) is 27.7 Å². The largest absolute Gasteiger partial charge is 0.494 e. The van der Waals surface area contributed by atoms with E-state index in [4.69, 9.17) is 22.1 Å². The number of carbonyl (C=O) groups excluding carboxylic acids is 1. The predicted molar refractivity (Wildman–Crippen MR) is 84.1 cm³/mol. The number of rotatable bonds is 3. The number of benzene rings is 2. The molecule has 0 saturated carbocycles. The molecule has 0 aliphatic carbocycles. The molecular weight excluding hydrogens is 288 g/mol. The number of hydrogen-bond acceptors (Lipinski definition) is 3. The van der Waals surface area contributed by atoms with Gasteiger partial charge >= 0.3 is 0 Å². The van der Waals surface area contributed by atoms with E-state index in [0.29, 0.717) is 27.6 Å². The summed E-state index contributed by atoms with van der Waals surface area (Å²) < 4.78 is 5.25. The molecule has 0 aliphatic rings. The first-order valence-electron chi connectivity index (χ1n) is 6.35. The smallest absolute Gasteiger partial charge is 0.198 e. The van der Waals surface area contributed by atoms with E-state index in [2.05, 4.69) is 4.98 Å². The first kappa shape index (κ1) is 13.5. The molecule has 0 radical (unpaired) electrons. The topological polar surface area (TPSA) is 68.1 Å². The zero-order valence-electron chi connectivity index (χ0n) is 11.3. The lowest BCUT2D eigenvalue weighted by Crippen LogP contribution is -2.05. The third-order valence-corrected chi connectivity index (χ3v) is 3.62. The third kappa shape index (κ3) is 2.23. The van der Waals surface area contributed by atoms with Crippen molar-refractivity contribution in [3.63, 3.8) is 0 Å². The van der Waals surface area contributed by atoms with Crippen molar-refractivity contribution in [2.45, 2.75) is 0 Å². The van der Waals surface area contributed by atoms with Crippen molar-refractivity contribution in [1.29, 1.82) is 0 Å². The summed E-state index contributed by atoms with van der Waals surface area (Å²) in [6.07, 6.45) is 1.67. The molecule has 0 amide bonds. The van der Waals surface area contributed by atoms with Gasteiger partial charge in [-0.15, -0.1) is 0 Å². The molecule has 0 atom stereocenters. The second-order valence-electron chi connectivity index (χ2n) is 4.65. The summed E-state index contributed by atoms with van der Waals surface area (Å²) in [5.41, 5.74) is 8.11. The molecule has 0 fully saturated rings. The zero-order valence-corrected chi connectivity index (χ0v) is 12.1. The molecule has 0 bridgehead atoms. The Labute approximate surface area is 126 Å². The number of anilines is 1. The lowest BCUT2D eigenvalue weighted by Gasteiger charge is -2.09. The number of nitrogen functional groups attached to an aromatic ring is 1. The van der Waals surface area contributed by atoms with Gasteiger partial charge in [-0.05, 0) is 30.3 Å². The Morgan fingerprint density at radius 3 is 2.81 bits per heavy atom. The number of nitrogens with two attached hydrogens (primary N) is 1. The molecule has 3 rings (SSSR count). The number of methoxy groups -OCH3 is 1. The van der Waals surface area contributed by atoms with Crippen molar-refractivity contribution < 1.29 is 9.53 Å². The van der Waals surface area contributed by atoms with Crippen LogP contribution in [0.15, 0.2) is 42.6 Å². The Kier molecular flexibility index (Phi) is 3.31. The minimum atomic E-state index is -0.160. The number of ketones is 1. The highest BCUT2D eigenvalue weighted by molar-refractivity contribution is 6.31.